The number of hydrogen-bond acceptors (Lipinski definition) is 1. The molecule has 0 amide bonds. The SMILES string of the molecule is CC(C)(Cc1ccc(F)c(Cl)c1F)C(=O)O. The maximum Gasteiger partial charge on any atom is 0.309 e. The fraction of sp³-hybridized carbons (Fsp3) is 0.364. The standard InChI is InChI=1S/C11H11ClF2O2/c1-11(2,10(15)16)5-6-3-4-7(13)8(12)9(6)14/h3-4H,5H2,1-2H3,(H,15,16). The van der Waals surface area contributed by atoms with Gasteiger partial charge < -0.3 is 5.11 Å². The summed E-state index contributed by atoms with van der Waals surface area (Å²) in [5, 5.41) is 8.29. The molecule has 0 spiro atoms. The van der Waals surface area contributed by atoms with Crippen molar-refractivity contribution in [1.29, 1.82) is 0 Å². The lowest BCUT2D eigenvalue weighted by atomic mass is 9.86. The van der Waals surface area contributed by atoms with Crippen LogP contribution < -0.4 is 0 Å². The summed E-state index contributed by atoms with van der Waals surface area (Å²) in [6.07, 6.45) is -0.0475. The van der Waals surface area contributed by atoms with Gasteiger partial charge in [0.05, 0.1) is 5.41 Å². The average Bonchev–Trinajstić information content (AvgIpc) is 2.19. The number of halogens is 3. The molecule has 1 aromatic carbocycles. The topological polar surface area (TPSA) is 37.3 Å². The Morgan fingerprint density at radius 1 is 1.44 bits per heavy atom. The van der Waals surface area contributed by atoms with Crippen LogP contribution in [-0.2, 0) is 11.2 Å². The molecular weight excluding hydrogens is 238 g/mol. The number of aliphatic carboxylic acids is 1. The summed E-state index contributed by atoms with van der Waals surface area (Å²) in [6.45, 7) is 2.93. The van der Waals surface area contributed by atoms with E-state index in [4.69, 9.17) is 16.7 Å². The van der Waals surface area contributed by atoms with E-state index in [0.29, 0.717) is 0 Å². The summed E-state index contributed by atoms with van der Waals surface area (Å²) < 4.78 is 26.4. The summed E-state index contributed by atoms with van der Waals surface area (Å²) in [5.74, 6) is -2.79. The Kier molecular flexibility index (Phi) is 3.53. The lowest BCUT2D eigenvalue weighted by molar-refractivity contribution is -0.146. The minimum absolute atomic E-state index is 0.0475. The van der Waals surface area contributed by atoms with E-state index < -0.39 is 28.0 Å². The molecule has 0 saturated carbocycles. The number of rotatable bonds is 3. The van der Waals surface area contributed by atoms with Gasteiger partial charge in [-0.25, -0.2) is 8.78 Å². The van der Waals surface area contributed by atoms with Crippen LogP contribution in [0.1, 0.15) is 19.4 Å². The molecule has 1 aromatic rings. The summed E-state index contributed by atoms with van der Waals surface area (Å²) in [4.78, 5) is 10.9. The maximum atomic E-state index is 13.5. The monoisotopic (exact) mass is 248 g/mol. The van der Waals surface area contributed by atoms with Gasteiger partial charge in [0.1, 0.15) is 16.7 Å². The van der Waals surface area contributed by atoms with Crippen LogP contribution in [0.2, 0.25) is 5.02 Å². The van der Waals surface area contributed by atoms with Gasteiger partial charge >= 0.3 is 5.97 Å². The van der Waals surface area contributed by atoms with Crippen LogP contribution in [0.4, 0.5) is 8.78 Å². The molecule has 0 atom stereocenters. The van der Waals surface area contributed by atoms with Crippen molar-refractivity contribution in [2.24, 2.45) is 5.41 Å². The highest BCUT2D eigenvalue weighted by atomic mass is 35.5. The second-order valence-electron chi connectivity index (χ2n) is 4.20. The van der Waals surface area contributed by atoms with E-state index in [1.807, 2.05) is 0 Å². The molecule has 0 bridgehead atoms. The van der Waals surface area contributed by atoms with Crippen molar-refractivity contribution in [1.82, 2.24) is 0 Å². The molecule has 0 radical (unpaired) electrons. The van der Waals surface area contributed by atoms with Crippen LogP contribution >= 0.6 is 11.6 Å². The van der Waals surface area contributed by atoms with Crippen molar-refractivity contribution >= 4 is 17.6 Å². The van der Waals surface area contributed by atoms with Gasteiger partial charge in [0.25, 0.3) is 0 Å². The minimum Gasteiger partial charge on any atom is -0.481 e. The Hall–Kier alpha value is -1.16. The van der Waals surface area contributed by atoms with Crippen molar-refractivity contribution in [2.75, 3.05) is 0 Å². The molecule has 0 aromatic heterocycles. The lowest BCUT2D eigenvalue weighted by Gasteiger charge is -2.19. The van der Waals surface area contributed by atoms with Crippen LogP contribution in [0.15, 0.2) is 12.1 Å². The van der Waals surface area contributed by atoms with Crippen LogP contribution in [0.5, 0.6) is 0 Å². The van der Waals surface area contributed by atoms with Gasteiger partial charge in [-0.2, -0.15) is 0 Å². The zero-order valence-electron chi connectivity index (χ0n) is 8.85. The van der Waals surface area contributed by atoms with Gasteiger partial charge in [0.15, 0.2) is 0 Å². The molecule has 16 heavy (non-hydrogen) atoms. The highest BCUT2D eigenvalue weighted by molar-refractivity contribution is 6.30. The van der Waals surface area contributed by atoms with Crippen molar-refractivity contribution in [3.8, 4) is 0 Å². The Labute approximate surface area is 96.8 Å². The molecule has 0 fully saturated rings. The quantitative estimate of drug-likeness (QED) is 0.834. The molecule has 5 heteroatoms. The van der Waals surface area contributed by atoms with Crippen molar-refractivity contribution in [3.63, 3.8) is 0 Å². The van der Waals surface area contributed by atoms with Crippen LogP contribution in [0.25, 0.3) is 0 Å². The van der Waals surface area contributed by atoms with Crippen molar-refractivity contribution in [3.05, 3.63) is 34.4 Å². The Morgan fingerprint density at radius 2 is 2.00 bits per heavy atom. The molecule has 88 valence electrons. The maximum absolute atomic E-state index is 13.5. The van der Waals surface area contributed by atoms with E-state index in [2.05, 4.69) is 0 Å². The van der Waals surface area contributed by atoms with E-state index in [-0.39, 0.29) is 12.0 Å². The van der Waals surface area contributed by atoms with E-state index >= 15 is 0 Å². The Balaban J connectivity index is 3.08. The normalized spacial score (nSPS) is 11.6. The van der Waals surface area contributed by atoms with Crippen LogP contribution in [0.3, 0.4) is 0 Å². The van der Waals surface area contributed by atoms with Gasteiger partial charge in [-0.3, -0.25) is 4.79 Å². The zero-order chi connectivity index (χ0) is 12.5. The van der Waals surface area contributed by atoms with Crippen molar-refractivity contribution < 1.29 is 18.7 Å². The molecule has 0 aliphatic heterocycles. The van der Waals surface area contributed by atoms with E-state index in [1.165, 1.54) is 19.9 Å². The fourth-order valence-electron chi connectivity index (χ4n) is 1.25. The number of carboxylic acids is 1. The number of hydrogen-bond donors (Lipinski definition) is 1. The van der Waals surface area contributed by atoms with E-state index in [0.717, 1.165) is 6.07 Å². The van der Waals surface area contributed by atoms with Gasteiger partial charge in [0, 0.05) is 0 Å². The molecule has 0 heterocycles. The first-order chi connectivity index (χ1) is 7.25. The van der Waals surface area contributed by atoms with Crippen LogP contribution in [-0.4, -0.2) is 11.1 Å². The lowest BCUT2D eigenvalue weighted by Crippen LogP contribution is -2.26. The smallest absolute Gasteiger partial charge is 0.309 e. The third-order valence-corrected chi connectivity index (χ3v) is 2.67. The first kappa shape index (κ1) is 12.9. The Bertz CT molecular complexity index is 430. The second kappa shape index (κ2) is 4.37. The fourth-order valence-corrected chi connectivity index (χ4v) is 1.44. The molecule has 1 N–H and O–H groups in total. The first-order valence-corrected chi connectivity index (χ1v) is 4.99. The molecule has 2 nitrogen and oxygen atoms in total. The van der Waals surface area contributed by atoms with Gasteiger partial charge in [-0.05, 0) is 31.9 Å². The predicted octanol–water partition coefficient (Wildman–Crippen LogP) is 3.27. The predicted molar refractivity (Wildman–Crippen MR) is 56.5 cm³/mol. The summed E-state index contributed by atoms with van der Waals surface area (Å²) >= 11 is 5.39. The number of carboxylic acid groups (broad SMARTS) is 1. The van der Waals surface area contributed by atoms with Crippen LogP contribution in [0, 0.1) is 17.0 Å². The third-order valence-electron chi connectivity index (χ3n) is 2.33. The molecule has 0 saturated heterocycles. The van der Waals surface area contributed by atoms with Crippen molar-refractivity contribution in [2.45, 2.75) is 20.3 Å². The molecular formula is C11H11ClF2O2. The zero-order valence-corrected chi connectivity index (χ0v) is 9.61. The second-order valence-corrected chi connectivity index (χ2v) is 4.58. The Morgan fingerprint density at radius 3 is 2.50 bits per heavy atom. The summed E-state index contributed by atoms with van der Waals surface area (Å²) in [5.41, 5.74) is -1.03. The van der Waals surface area contributed by atoms with E-state index in [1.54, 1.807) is 0 Å². The van der Waals surface area contributed by atoms with Gasteiger partial charge in [-0.15, -0.1) is 0 Å². The molecule has 0 unspecified atom stereocenters. The summed E-state index contributed by atoms with van der Waals surface area (Å²) in [6, 6.07) is 2.24. The molecule has 0 aliphatic rings. The highest BCUT2D eigenvalue weighted by Crippen LogP contribution is 2.28. The largest absolute Gasteiger partial charge is 0.481 e. The first-order valence-electron chi connectivity index (χ1n) is 4.61. The minimum atomic E-state index is -1.12. The molecule has 1 rings (SSSR count). The third kappa shape index (κ3) is 2.50. The molecule has 0 aliphatic carbocycles. The average molecular weight is 249 g/mol. The summed E-state index contributed by atoms with van der Waals surface area (Å²) in [7, 11) is 0. The van der Waals surface area contributed by atoms with Gasteiger partial charge in [-0.1, -0.05) is 17.7 Å². The number of benzene rings is 1. The van der Waals surface area contributed by atoms with E-state index in [9.17, 15) is 13.6 Å². The number of carbonyl (C=O) groups is 1. The highest BCUT2D eigenvalue weighted by Gasteiger charge is 2.29. The van der Waals surface area contributed by atoms with Gasteiger partial charge in [0.2, 0.25) is 0 Å².